The van der Waals surface area contributed by atoms with Gasteiger partial charge in [0.15, 0.2) is 16.3 Å². The van der Waals surface area contributed by atoms with Gasteiger partial charge in [-0.25, -0.2) is 4.99 Å². The molecule has 4 aromatic carbocycles. The van der Waals surface area contributed by atoms with Crippen molar-refractivity contribution in [2.75, 3.05) is 26.6 Å². The summed E-state index contributed by atoms with van der Waals surface area (Å²) in [5.74, 6) is 1.59. The first kappa shape index (κ1) is 32.8. The molecular weight excluding hydrogens is 641 g/mol. The highest BCUT2D eigenvalue weighted by atomic mass is 32.1. The second-order valence-corrected chi connectivity index (χ2v) is 12.0. The summed E-state index contributed by atoms with van der Waals surface area (Å²) in [5, 5.41) is 12.4. The van der Waals surface area contributed by atoms with Crippen LogP contribution in [0.25, 0.3) is 6.08 Å². The standard InChI is InChI=1S/C38H32N4O6S/c1-23-34(36(43)41-27-12-6-5-7-13-27)35(29-16-15-28(45-2)20-31(29)46-3)42-37(44)33(49-38(42)40-23)19-24-14-17-30(32(18-24)47-4)48-22-26-11-9-8-10-25(26)21-39/h5-20,35H,22H2,1-4H3,(H,41,43)/b33-19-/t35-/m1/s1. The number of fused-ring (bicyclic) bond motifs is 1. The van der Waals surface area contributed by atoms with Gasteiger partial charge >= 0.3 is 0 Å². The molecular formula is C38H32N4O6S. The van der Waals surface area contributed by atoms with Gasteiger partial charge in [-0.1, -0.05) is 53.8 Å². The summed E-state index contributed by atoms with van der Waals surface area (Å²) in [4.78, 5) is 33.4. The van der Waals surface area contributed by atoms with Gasteiger partial charge in [-0.15, -0.1) is 0 Å². The summed E-state index contributed by atoms with van der Waals surface area (Å²) >= 11 is 1.22. The molecule has 0 bridgehead atoms. The van der Waals surface area contributed by atoms with Crippen LogP contribution in [0.3, 0.4) is 0 Å². The molecule has 49 heavy (non-hydrogen) atoms. The van der Waals surface area contributed by atoms with Gasteiger partial charge in [0.1, 0.15) is 24.1 Å². The number of carbonyl (C=O) groups excluding carboxylic acids is 1. The lowest BCUT2D eigenvalue weighted by molar-refractivity contribution is -0.113. The van der Waals surface area contributed by atoms with Gasteiger partial charge in [-0.3, -0.25) is 14.2 Å². The fourth-order valence-corrected chi connectivity index (χ4v) is 6.67. The normalized spacial score (nSPS) is 13.9. The Kier molecular flexibility index (Phi) is 9.60. The number of allylic oxidation sites excluding steroid dienone is 1. The Balaban J connectivity index is 1.42. The number of para-hydroxylation sites is 1. The molecule has 5 aromatic rings. The maximum Gasteiger partial charge on any atom is 0.271 e. The Morgan fingerprint density at radius 2 is 1.69 bits per heavy atom. The van der Waals surface area contributed by atoms with Gasteiger partial charge in [-0.05, 0) is 61.0 Å². The average molecular weight is 673 g/mol. The Labute approximate surface area is 286 Å². The predicted octanol–water partition coefficient (Wildman–Crippen LogP) is 5.35. The number of nitrogens with one attached hydrogen (secondary N) is 1. The molecule has 1 amide bonds. The molecule has 0 unspecified atom stereocenters. The van der Waals surface area contributed by atoms with E-state index in [1.807, 2.05) is 36.4 Å². The van der Waals surface area contributed by atoms with E-state index in [9.17, 15) is 14.9 Å². The van der Waals surface area contributed by atoms with Gasteiger partial charge in [0.2, 0.25) is 0 Å². The summed E-state index contributed by atoms with van der Waals surface area (Å²) in [7, 11) is 4.63. The lowest BCUT2D eigenvalue weighted by Gasteiger charge is -2.26. The van der Waals surface area contributed by atoms with Crippen LogP contribution in [0, 0.1) is 11.3 Å². The molecule has 0 radical (unpaired) electrons. The summed E-state index contributed by atoms with van der Waals surface area (Å²) < 4.78 is 24.7. The number of aromatic nitrogens is 1. The molecule has 0 aliphatic carbocycles. The van der Waals surface area contributed by atoms with E-state index >= 15 is 0 Å². The van der Waals surface area contributed by atoms with Crippen LogP contribution in [-0.4, -0.2) is 31.8 Å². The van der Waals surface area contributed by atoms with Crippen molar-refractivity contribution in [1.82, 2.24) is 4.57 Å². The molecule has 10 nitrogen and oxygen atoms in total. The second kappa shape index (κ2) is 14.3. The number of amides is 1. The Bertz CT molecular complexity index is 2300. The lowest BCUT2D eigenvalue weighted by Crippen LogP contribution is -2.40. The largest absolute Gasteiger partial charge is 0.497 e. The van der Waals surface area contributed by atoms with Gasteiger partial charge < -0.3 is 24.3 Å². The van der Waals surface area contributed by atoms with Crippen molar-refractivity contribution < 1.29 is 23.7 Å². The first-order valence-electron chi connectivity index (χ1n) is 15.2. The number of nitrogens with zero attached hydrogens (tertiary/aromatic N) is 3. The zero-order valence-electron chi connectivity index (χ0n) is 27.2. The number of nitriles is 1. The molecule has 1 atom stereocenters. The molecule has 0 saturated carbocycles. The number of carbonyl (C=O) groups is 1. The van der Waals surface area contributed by atoms with Gasteiger partial charge in [0, 0.05) is 22.9 Å². The van der Waals surface area contributed by atoms with Crippen molar-refractivity contribution in [2.45, 2.75) is 19.6 Å². The minimum absolute atomic E-state index is 0.187. The second-order valence-electron chi connectivity index (χ2n) is 11.0. The van der Waals surface area contributed by atoms with Gasteiger partial charge in [0.05, 0.1) is 48.8 Å². The van der Waals surface area contributed by atoms with Crippen LogP contribution < -0.4 is 39.2 Å². The molecule has 1 aliphatic heterocycles. The van der Waals surface area contributed by atoms with Crippen molar-refractivity contribution >= 4 is 29.0 Å². The quantitative estimate of drug-likeness (QED) is 0.212. The highest BCUT2D eigenvalue weighted by Gasteiger charge is 2.34. The molecule has 2 heterocycles. The SMILES string of the molecule is COc1ccc([C@@H]2C(C(=O)Nc3ccccc3)=C(C)N=c3s/c(=C\c4ccc(OCc5ccccc5C#N)c(OC)c4)c(=O)n32)c(OC)c1. The van der Waals surface area contributed by atoms with E-state index < -0.39 is 6.04 Å². The molecule has 11 heteroatoms. The van der Waals surface area contributed by atoms with Crippen molar-refractivity contribution in [3.8, 4) is 29.1 Å². The number of rotatable bonds is 10. The number of ether oxygens (including phenoxy) is 4. The number of hydrogen-bond acceptors (Lipinski definition) is 9. The highest BCUT2D eigenvalue weighted by molar-refractivity contribution is 7.07. The fraction of sp³-hybridized carbons (Fsp3) is 0.158. The van der Waals surface area contributed by atoms with Crippen LogP contribution in [0.1, 0.15) is 35.2 Å². The third-order valence-electron chi connectivity index (χ3n) is 8.04. The molecule has 1 N–H and O–H groups in total. The minimum atomic E-state index is -0.843. The predicted molar refractivity (Wildman–Crippen MR) is 187 cm³/mol. The Morgan fingerprint density at radius 1 is 0.939 bits per heavy atom. The average Bonchev–Trinajstić information content (AvgIpc) is 3.43. The third kappa shape index (κ3) is 6.68. The number of hydrogen-bond donors (Lipinski definition) is 1. The van der Waals surface area contributed by atoms with E-state index in [1.54, 1.807) is 74.7 Å². The first-order chi connectivity index (χ1) is 23.8. The van der Waals surface area contributed by atoms with Crippen molar-refractivity contribution in [3.63, 3.8) is 0 Å². The minimum Gasteiger partial charge on any atom is -0.497 e. The number of thiazole rings is 1. The Morgan fingerprint density at radius 3 is 2.43 bits per heavy atom. The Hall–Kier alpha value is -6.12. The maximum atomic E-state index is 14.3. The molecule has 1 aromatic heterocycles. The lowest BCUT2D eigenvalue weighted by atomic mass is 9.94. The summed E-state index contributed by atoms with van der Waals surface area (Å²) in [6, 6.07) is 28.3. The summed E-state index contributed by atoms with van der Waals surface area (Å²) in [6.07, 6.45) is 1.76. The molecule has 1 aliphatic rings. The van der Waals surface area contributed by atoms with Crippen LogP contribution in [0.5, 0.6) is 23.0 Å². The molecule has 246 valence electrons. The van der Waals surface area contributed by atoms with Crippen molar-refractivity contribution in [1.29, 1.82) is 5.26 Å². The van der Waals surface area contributed by atoms with Crippen LogP contribution in [0.4, 0.5) is 5.69 Å². The smallest absolute Gasteiger partial charge is 0.271 e. The third-order valence-corrected chi connectivity index (χ3v) is 9.02. The maximum absolute atomic E-state index is 14.3. The monoisotopic (exact) mass is 672 g/mol. The first-order valence-corrected chi connectivity index (χ1v) is 16.1. The molecule has 0 fully saturated rings. The van der Waals surface area contributed by atoms with Gasteiger partial charge in [0.25, 0.3) is 11.5 Å². The molecule has 0 spiro atoms. The van der Waals surface area contributed by atoms with E-state index in [2.05, 4.69) is 11.4 Å². The zero-order chi connectivity index (χ0) is 34.5. The van der Waals surface area contributed by atoms with Crippen LogP contribution >= 0.6 is 11.3 Å². The van der Waals surface area contributed by atoms with E-state index in [0.29, 0.717) is 66.0 Å². The van der Waals surface area contributed by atoms with Crippen LogP contribution in [0.15, 0.2) is 112 Å². The number of benzene rings is 4. The topological polar surface area (TPSA) is 124 Å². The van der Waals surface area contributed by atoms with E-state index in [1.165, 1.54) is 30.1 Å². The van der Waals surface area contributed by atoms with Crippen molar-refractivity contribution in [2.24, 2.45) is 4.99 Å². The van der Waals surface area contributed by atoms with Crippen molar-refractivity contribution in [3.05, 3.63) is 144 Å². The summed E-state index contributed by atoms with van der Waals surface area (Å²) in [5.41, 5.74) is 3.67. The highest BCUT2D eigenvalue weighted by Crippen LogP contribution is 2.38. The molecule has 0 saturated heterocycles. The number of anilines is 1. The number of methoxy groups -OCH3 is 3. The van der Waals surface area contributed by atoms with E-state index in [-0.39, 0.29) is 18.1 Å². The zero-order valence-corrected chi connectivity index (χ0v) is 28.0. The van der Waals surface area contributed by atoms with Crippen LogP contribution in [-0.2, 0) is 11.4 Å². The summed E-state index contributed by atoms with van der Waals surface area (Å²) in [6.45, 7) is 1.95. The van der Waals surface area contributed by atoms with Crippen LogP contribution in [0.2, 0.25) is 0 Å². The van der Waals surface area contributed by atoms with E-state index in [0.717, 1.165) is 5.56 Å². The molecule has 6 rings (SSSR count). The van der Waals surface area contributed by atoms with E-state index in [4.69, 9.17) is 23.9 Å². The van der Waals surface area contributed by atoms with Gasteiger partial charge in [-0.2, -0.15) is 5.26 Å². The fourth-order valence-electron chi connectivity index (χ4n) is 5.63.